The molecule has 0 fully saturated rings. The lowest BCUT2D eigenvalue weighted by atomic mass is 9.98. The molecule has 24 heavy (non-hydrogen) atoms. The highest BCUT2D eigenvalue weighted by Gasteiger charge is 2.16. The summed E-state index contributed by atoms with van der Waals surface area (Å²) in [6.45, 7) is 3.42. The molecule has 0 bridgehead atoms. The van der Waals surface area contributed by atoms with Gasteiger partial charge in [0.25, 0.3) is 0 Å². The van der Waals surface area contributed by atoms with Gasteiger partial charge in [0.05, 0.1) is 7.11 Å². The van der Waals surface area contributed by atoms with Gasteiger partial charge in [-0.2, -0.15) is 0 Å². The lowest BCUT2D eigenvalue weighted by Crippen LogP contribution is -2.31. The third-order valence-electron chi connectivity index (χ3n) is 4.90. The predicted molar refractivity (Wildman–Crippen MR) is 101 cm³/mol. The fourth-order valence-corrected chi connectivity index (χ4v) is 3.37. The molecule has 0 radical (unpaired) electrons. The highest BCUT2D eigenvalue weighted by molar-refractivity contribution is 5.50. The topological polar surface area (TPSA) is 15.7 Å². The minimum atomic E-state index is 0.933. The van der Waals surface area contributed by atoms with Gasteiger partial charge in [-0.3, -0.25) is 4.90 Å². The molecule has 0 unspecified atom stereocenters. The Morgan fingerprint density at radius 2 is 1.83 bits per heavy atom. The lowest BCUT2D eigenvalue weighted by molar-refractivity contribution is 0.251. The van der Waals surface area contributed by atoms with Gasteiger partial charge in [-0.15, -0.1) is 0 Å². The van der Waals surface area contributed by atoms with Crippen LogP contribution in [0.1, 0.15) is 23.1 Å². The molecule has 3 rings (SSSR count). The Hall–Kier alpha value is -2.00. The Morgan fingerprint density at radius 3 is 2.54 bits per heavy atom. The Labute approximate surface area is 145 Å². The number of methoxy groups -OCH3 is 1. The number of aryl methyl sites for hydroxylation is 1. The quantitative estimate of drug-likeness (QED) is 0.805. The third kappa shape index (κ3) is 4.09. The summed E-state index contributed by atoms with van der Waals surface area (Å²) >= 11 is 0. The van der Waals surface area contributed by atoms with Crippen LogP contribution < -0.4 is 9.64 Å². The number of anilines is 1. The van der Waals surface area contributed by atoms with Crippen molar-refractivity contribution >= 4 is 5.69 Å². The molecule has 0 aliphatic carbocycles. The van der Waals surface area contributed by atoms with E-state index in [9.17, 15) is 0 Å². The molecule has 1 heterocycles. The van der Waals surface area contributed by atoms with Crippen molar-refractivity contribution in [2.45, 2.75) is 25.8 Å². The summed E-state index contributed by atoms with van der Waals surface area (Å²) in [4.78, 5) is 4.77. The van der Waals surface area contributed by atoms with Crippen LogP contribution in [0.3, 0.4) is 0 Å². The molecule has 0 saturated carbocycles. The van der Waals surface area contributed by atoms with Crippen molar-refractivity contribution in [3.8, 4) is 5.75 Å². The van der Waals surface area contributed by atoms with Crippen LogP contribution >= 0.6 is 0 Å². The molecular formula is C21H28N2O. The minimum absolute atomic E-state index is 0.933. The number of hydrogen-bond acceptors (Lipinski definition) is 3. The number of fused-ring (bicyclic) bond motifs is 1. The van der Waals surface area contributed by atoms with Gasteiger partial charge < -0.3 is 9.64 Å². The second-order valence-corrected chi connectivity index (χ2v) is 6.83. The van der Waals surface area contributed by atoms with Crippen LogP contribution in [0.5, 0.6) is 5.75 Å². The number of nitrogens with zero attached hydrogens (tertiary/aromatic N) is 2. The van der Waals surface area contributed by atoms with E-state index < -0.39 is 0 Å². The standard InChI is InChI=1S/C21H28N2O/c1-22(2)20-9-8-18-12-14-23(16-19(18)15-20)13-4-5-17-6-10-21(24-3)11-7-17/h6-11,15H,4-5,12-14,16H2,1-3H3. The Balaban J connectivity index is 1.52. The minimum Gasteiger partial charge on any atom is -0.497 e. The first-order valence-corrected chi connectivity index (χ1v) is 8.80. The Kier molecular flexibility index (Phi) is 5.41. The van der Waals surface area contributed by atoms with E-state index in [0.717, 1.165) is 25.3 Å². The van der Waals surface area contributed by atoms with Crippen molar-refractivity contribution in [3.63, 3.8) is 0 Å². The first-order valence-electron chi connectivity index (χ1n) is 8.80. The van der Waals surface area contributed by atoms with E-state index in [2.05, 4.69) is 66.4 Å². The van der Waals surface area contributed by atoms with E-state index >= 15 is 0 Å². The molecular weight excluding hydrogens is 296 g/mol. The largest absolute Gasteiger partial charge is 0.497 e. The van der Waals surface area contributed by atoms with Crippen molar-refractivity contribution in [3.05, 3.63) is 59.2 Å². The van der Waals surface area contributed by atoms with Crippen LogP contribution in [0, 0.1) is 0 Å². The fraction of sp³-hybridized carbons (Fsp3) is 0.429. The number of benzene rings is 2. The Bertz CT molecular complexity index is 664. The fourth-order valence-electron chi connectivity index (χ4n) is 3.37. The summed E-state index contributed by atoms with van der Waals surface area (Å²) in [6.07, 6.45) is 3.51. The van der Waals surface area contributed by atoms with Gasteiger partial charge in [0.2, 0.25) is 0 Å². The van der Waals surface area contributed by atoms with Gasteiger partial charge in [-0.05, 0) is 66.8 Å². The number of hydrogen-bond donors (Lipinski definition) is 0. The van der Waals surface area contributed by atoms with Crippen molar-refractivity contribution < 1.29 is 4.74 Å². The second-order valence-electron chi connectivity index (χ2n) is 6.83. The zero-order valence-electron chi connectivity index (χ0n) is 15.1. The number of ether oxygens (including phenoxy) is 1. The van der Waals surface area contributed by atoms with Gasteiger partial charge in [0, 0.05) is 32.9 Å². The van der Waals surface area contributed by atoms with E-state index in [0.29, 0.717) is 0 Å². The van der Waals surface area contributed by atoms with Crippen LogP contribution in [-0.4, -0.2) is 39.2 Å². The molecule has 0 N–H and O–H groups in total. The third-order valence-corrected chi connectivity index (χ3v) is 4.90. The zero-order chi connectivity index (χ0) is 16.9. The van der Waals surface area contributed by atoms with Crippen LogP contribution in [0.15, 0.2) is 42.5 Å². The van der Waals surface area contributed by atoms with Crippen molar-refractivity contribution in [2.75, 3.05) is 39.2 Å². The summed E-state index contributed by atoms with van der Waals surface area (Å²) in [5.74, 6) is 0.933. The van der Waals surface area contributed by atoms with Crippen molar-refractivity contribution in [1.82, 2.24) is 4.90 Å². The summed E-state index contributed by atoms with van der Waals surface area (Å²) in [7, 11) is 5.93. The molecule has 1 aliphatic rings. The molecule has 128 valence electrons. The monoisotopic (exact) mass is 324 g/mol. The van der Waals surface area contributed by atoms with Gasteiger partial charge in [0.1, 0.15) is 5.75 Å². The summed E-state index contributed by atoms with van der Waals surface area (Å²) < 4.78 is 5.22. The van der Waals surface area contributed by atoms with Crippen LogP contribution in [-0.2, 0) is 19.4 Å². The average molecular weight is 324 g/mol. The van der Waals surface area contributed by atoms with Crippen molar-refractivity contribution in [1.29, 1.82) is 0 Å². The molecule has 0 atom stereocenters. The summed E-state index contributed by atoms with van der Waals surface area (Å²) in [5, 5.41) is 0. The molecule has 1 aliphatic heterocycles. The molecule has 3 heteroatoms. The average Bonchev–Trinajstić information content (AvgIpc) is 2.61. The first-order chi connectivity index (χ1) is 11.7. The molecule has 0 spiro atoms. The van der Waals surface area contributed by atoms with Gasteiger partial charge in [0.15, 0.2) is 0 Å². The van der Waals surface area contributed by atoms with E-state index in [1.54, 1.807) is 7.11 Å². The molecule has 2 aromatic carbocycles. The maximum Gasteiger partial charge on any atom is 0.118 e. The van der Waals surface area contributed by atoms with Gasteiger partial charge in [-0.25, -0.2) is 0 Å². The molecule has 0 amide bonds. The Morgan fingerprint density at radius 1 is 1.04 bits per heavy atom. The predicted octanol–water partition coefficient (Wildman–Crippen LogP) is 3.75. The van der Waals surface area contributed by atoms with E-state index in [1.165, 1.54) is 41.8 Å². The smallest absolute Gasteiger partial charge is 0.118 e. The first kappa shape index (κ1) is 16.8. The lowest BCUT2D eigenvalue weighted by Gasteiger charge is -2.29. The van der Waals surface area contributed by atoms with E-state index in [1.807, 2.05) is 0 Å². The second kappa shape index (κ2) is 7.71. The normalized spacial score (nSPS) is 14.3. The maximum absolute atomic E-state index is 5.22. The molecule has 2 aromatic rings. The van der Waals surface area contributed by atoms with E-state index in [-0.39, 0.29) is 0 Å². The van der Waals surface area contributed by atoms with Crippen LogP contribution in [0.25, 0.3) is 0 Å². The molecule has 3 nitrogen and oxygen atoms in total. The van der Waals surface area contributed by atoms with Crippen LogP contribution in [0.4, 0.5) is 5.69 Å². The highest BCUT2D eigenvalue weighted by Crippen LogP contribution is 2.24. The zero-order valence-corrected chi connectivity index (χ0v) is 15.1. The van der Waals surface area contributed by atoms with Gasteiger partial charge in [-0.1, -0.05) is 18.2 Å². The molecule has 0 saturated heterocycles. The maximum atomic E-state index is 5.22. The highest BCUT2D eigenvalue weighted by atomic mass is 16.5. The number of rotatable bonds is 6. The van der Waals surface area contributed by atoms with Crippen LogP contribution in [0.2, 0.25) is 0 Å². The van der Waals surface area contributed by atoms with Gasteiger partial charge >= 0.3 is 0 Å². The summed E-state index contributed by atoms with van der Waals surface area (Å²) in [5.41, 5.74) is 5.71. The summed E-state index contributed by atoms with van der Waals surface area (Å²) in [6, 6.07) is 15.3. The SMILES string of the molecule is COc1ccc(CCCN2CCc3ccc(N(C)C)cc3C2)cc1. The molecule has 0 aromatic heterocycles. The van der Waals surface area contributed by atoms with Crippen molar-refractivity contribution in [2.24, 2.45) is 0 Å². The van der Waals surface area contributed by atoms with E-state index in [4.69, 9.17) is 4.74 Å².